The molecule has 0 saturated heterocycles. The van der Waals surface area contributed by atoms with Gasteiger partial charge in [0.25, 0.3) is 0 Å². The first-order chi connectivity index (χ1) is 6.85. The number of H-pyrrole nitrogens is 1. The van der Waals surface area contributed by atoms with Crippen LogP contribution in [0.2, 0.25) is 0 Å². The lowest BCUT2D eigenvalue weighted by atomic mass is 10.1. The third-order valence-corrected chi connectivity index (χ3v) is 2.40. The first kappa shape index (κ1) is 9.13. The third kappa shape index (κ3) is 1.48. The van der Waals surface area contributed by atoms with Gasteiger partial charge in [0.1, 0.15) is 5.75 Å². The van der Waals surface area contributed by atoms with Gasteiger partial charge < -0.3 is 9.72 Å². The highest BCUT2D eigenvalue weighted by Gasteiger charge is 2.03. The Morgan fingerprint density at radius 1 is 1.43 bits per heavy atom. The summed E-state index contributed by atoms with van der Waals surface area (Å²) in [7, 11) is 1.69. The van der Waals surface area contributed by atoms with Crippen molar-refractivity contribution in [1.29, 1.82) is 0 Å². The lowest BCUT2D eigenvalue weighted by molar-refractivity contribution is 0.415. The predicted octanol–water partition coefficient (Wildman–Crippen LogP) is 2.94. The van der Waals surface area contributed by atoms with Gasteiger partial charge in [0.2, 0.25) is 0 Å². The number of ether oxygens (including phenoxy) is 1. The largest absolute Gasteiger partial charge is 0.497 e. The maximum atomic E-state index is 5.20. The van der Waals surface area contributed by atoms with Crippen molar-refractivity contribution in [3.05, 3.63) is 36.4 Å². The molecule has 1 heterocycles. The average molecular weight is 188 g/mol. The second kappa shape index (κ2) is 3.74. The number of methoxy groups -OCH3 is 1. The highest BCUT2D eigenvalue weighted by atomic mass is 16.5. The smallest absolute Gasteiger partial charge is 0.119 e. The molecular weight excluding hydrogens is 174 g/mol. The topological polar surface area (TPSA) is 25.0 Å². The van der Waals surface area contributed by atoms with E-state index in [1.54, 1.807) is 7.11 Å². The Balaban J connectivity index is 2.52. The number of rotatable bonds is 3. The number of aromatic nitrogens is 1. The molecule has 2 heteroatoms. The average Bonchev–Trinajstić information content (AvgIpc) is 2.61. The van der Waals surface area contributed by atoms with Crippen molar-refractivity contribution in [2.75, 3.05) is 7.11 Å². The molecule has 0 aliphatic heterocycles. The zero-order chi connectivity index (χ0) is 9.97. The van der Waals surface area contributed by atoms with Gasteiger partial charge in [-0.15, -0.1) is 0 Å². The summed E-state index contributed by atoms with van der Waals surface area (Å²) in [5.74, 6) is 0.912. The van der Waals surface area contributed by atoms with E-state index in [4.69, 9.17) is 4.74 Å². The first-order valence-corrected chi connectivity index (χ1v) is 4.77. The standard InChI is InChI=1S/C12H14NO/c1-3-4-9-8-13-12-6-5-10(14-2)7-11(9)12/h3,5-8,13H,4H2,1-2H3. The molecule has 0 atom stereocenters. The maximum Gasteiger partial charge on any atom is 0.119 e. The normalized spacial score (nSPS) is 10.7. The van der Waals surface area contributed by atoms with Gasteiger partial charge in [0, 0.05) is 17.1 Å². The van der Waals surface area contributed by atoms with Crippen LogP contribution in [0.25, 0.3) is 10.9 Å². The van der Waals surface area contributed by atoms with E-state index in [1.807, 2.05) is 12.1 Å². The van der Waals surface area contributed by atoms with Crippen molar-refractivity contribution in [3.63, 3.8) is 0 Å². The minimum Gasteiger partial charge on any atom is -0.497 e. The van der Waals surface area contributed by atoms with Gasteiger partial charge in [0.05, 0.1) is 7.11 Å². The van der Waals surface area contributed by atoms with Crippen LogP contribution < -0.4 is 4.74 Å². The number of benzene rings is 1. The quantitative estimate of drug-likeness (QED) is 0.787. The fourth-order valence-corrected chi connectivity index (χ4v) is 1.67. The van der Waals surface area contributed by atoms with Gasteiger partial charge in [-0.1, -0.05) is 6.92 Å². The molecule has 2 nitrogen and oxygen atoms in total. The van der Waals surface area contributed by atoms with Crippen molar-refractivity contribution < 1.29 is 4.74 Å². The number of aromatic amines is 1. The molecule has 0 saturated carbocycles. The van der Waals surface area contributed by atoms with E-state index in [-0.39, 0.29) is 0 Å². The molecule has 1 N–H and O–H groups in total. The third-order valence-electron chi connectivity index (χ3n) is 2.40. The molecule has 1 aromatic carbocycles. The summed E-state index contributed by atoms with van der Waals surface area (Å²) in [4.78, 5) is 3.25. The molecule has 0 bridgehead atoms. The van der Waals surface area contributed by atoms with Gasteiger partial charge >= 0.3 is 0 Å². The van der Waals surface area contributed by atoms with E-state index in [0.29, 0.717) is 0 Å². The van der Waals surface area contributed by atoms with Crippen LogP contribution in [0, 0.1) is 6.42 Å². The summed E-state index contributed by atoms with van der Waals surface area (Å²) < 4.78 is 5.20. The summed E-state index contributed by atoms with van der Waals surface area (Å²) in [6, 6.07) is 6.09. The first-order valence-electron chi connectivity index (χ1n) is 4.77. The Kier molecular flexibility index (Phi) is 2.44. The van der Waals surface area contributed by atoms with Crippen molar-refractivity contribution in [2.24, 2.45) is 0 Å². The molecule has 1 radical (unpaired) electrons. The fourth-order valence-electron chi connectivity index (χ4n) is 1.67. The minimum absolute atomic E-state index is 0.912. The zero-order valence-electron chi connectivity index (χ0n) is 8.50. The molecule has 73 valence electrons. The van der Waals surface area contributed by atoms with Crippen LogP contribution in [0.15, 0.2) is 24.4 Å². The summed E-state index contributed by atoms with van der Waals surface area (Å²) >= 11 is 0. The maximum absolute atomic E-state index is 5.20. The molecular formula is C12H14NO. The number of hydrogen-bond donors (Lipinski definition) is 1. The molecule has 0 unspecified atom stereocenters. The Bertz CT molecular complexity index is 431. The number of nitrogens with one attached hydrogen (secondary N) is 1. The summed E-state index contributed by atoms with van der Waals surface area (Å²) in [5.41, 5.74) is 2.49. The second-order valence-electron chi connectivity index (χ2n) is 3.34. The monoisotopic (exact) mass is 188 g/mol. The Labute approximate surface area is 83.9 Å². The van der Waals surface area contributed by atoms with Crippen LogP contribution in [-0.2, 0) is 6.42 Å². The summed E-state index contributed by atoms with van der Waals surface area (Å²) in [6.45, 7) is 2.07. The molecule has 2 rings (SSSR count). The van der Waals surface area contributed by atoms with Crippen molar-refractivity contribution in [2.45, 2.75) is 13.3 Å². The Hall–Kier alpha value is -1.44. The molecule has 1 aromatic heterocycles. The molecule has 0 aliphatic carbocycles. The molecule has 0 aliphatic rings. The van der Waals surface area contributed by atoms with Crippen LogP contribution in [0.5, 0.6) is 5.75 Å². The van der Waals surface area contributed by atoms with E-state index >= 15 is 0 Å². The van der Waals surface area contributed by atoms with Gasteiger partial charge in [-0.3, -0.25) is 0 Å². The van der Waals surface area contributed by atoms with Gasteiger partial charge in [-0.05, 0) is 36.6 Å². The van der Waals surface area contributed by atoms with Crippen LogP contribution in [0.1, 0.15) is 12.5 Å². The van der Waals surface area contributed by atoms with Gasteiger partial charge in [-0.2, -0.15) is 0 Å². The molecule has 0 fully saturated rings. The molecule has 2 aromatic rings. The Morgan fingerprint density at radius 3 is 3.00 bits per heavy atom. The van der Waals surface area contributed by atoms with E-state index < -0.39 is 0 Å². The number of fused-ring (bicyclic) bond motifs is 1. The van der Waals surface area contributed by atoms with Crippen molar-refractivity contribution in [3.8, 4) is 5.75 Å². The highest BCUT2D eigenvalue weighted by Crippen LogP contribution is 2.24. The summed E-state index contributed by atoms with van der Waals surface area (Å²) in [6.07, 6.45) is 5.21. The minimum atomic E-state index is 0.912. The zero-order valence-corrected chi connectivity index (χ0v) is 8.50. The second-order valence-corrected chi connectivity index (χ2v) is 3.34. The van der Waals surface area contributed by atoms with Crippen LogP contribution in [-0.4, -0.2) is 12.1 Å². The fraction of sp³-hybridized carbons (Fsp3) is 0.250. The SMILES string of the molecule is C[CH]Cc1c[nH]c2ccc(OC)cc12. The lowest BCUT2D eigenvalue weighted by Gasteiger charge is -2.00. The molecule has 14 heavy (non-hydrogen) atoms. The van der Waals surface area contributed by atoms with E-state index in [9.17, 15) is 0 Å². The van der Waals surface area contributed by atoms with E-state index in [2.05, 4.69) is 30.6 Å². The lowest BCUT2D eigenvalue weighted by Crippen LogP contribution is -1.83. The van der Waals surface area contributed by atoms with Crippen LogP contribution in [0.4, 0.5) is 0 Å². The molecule has 0 spiro atoms. The van der Waals surface area contributed by atoms with Gasteiger partial charge in [-0.25, -0.2) is 0 Å². The highest BCUT2D eigenvalue weighted by molar-refractivity contribution is 5.84. The number of hydrogen-bond acceptors (Lipinski definition) is 1. The predicted molar refractivity (Wildman–Crippen MR) is 58.5 cm³/mol. The molecule has 0 amide bonds. The van der Waals surface area contributed by atoms with E-state index in [1.165, 1.54) is 16.5 Å². The Morgan fingerprint density at radius 2 is 2.29 bits per heavy atom. The van der Waals surface area contributed by atoms with E-state index in [0.717, 1.165) is 12.2 Å². The van der Waals surface area contributed by atoms with Crippen LogP contribution >= 0.6 is 0 Å². The summed E-state index contributed by atoms with van der Waals surface area (Å²) in [5, 5.41) is 1.25. The van der Waals surface area contributed by atoms with Crippen LogP contribution in [0.3, 0.4) is 0 Å². The van der Waals surface area contributed by atoms with Crippen molar-refractivity contribution >= 4 is 10.9 Å². The van der Waals surface area contributed by atoms with Gasteiger partial charge in [0.15, 0.2) is 0 Å². The van der Waals surface area contributed by atoms with Crippen molar-refractivity contribution in [1.82, 2.24) is 4.98 Å².